The first-order valence-corrected chi connectivity index (χ1v) is 4.66. The molecule has 1 heterocycles. The number of piperazine rings is 1. The van der Waals surface area contributed by atoms with E-state index in [1.807, 2.05) is 0 Å². The number of rotatable bonds is 1. The first-order chi connectivity index (χ1) is 6.75. The Morgan fingerprint density at radius 1 is 1.07 bits per heavy atom. The number of nitrogens with one attached hydrogen (secondary N) is 2. The second-order valence-corrected chi connectivity index (χ2v) is 3.41. The minimum atomic E-state index is -0.521. The van der Waals surface area contributed by atoms with Crippen LogP contribution in [0.15, 0.2) is 18.2 Å². The van der Waals surface area contributed by atoms with E-state index in [0.29, 0.717) is 12.1 Å². The van der Waals surface area contributed by atoms with Crippen molar-refractivity contribution in [2.45, 2.75) is 6.04 Å². The van der Waals surface area contributed by atoms with Crippen molar-refractivity contribution in [1.29, 1.82) is 0 Å². The molecule has 0 bridgehead atoms. The minimum absolute atomic E-state index is 0. The van der Waals surface area contributed by atoms with Gasteiger partial charge in [0.05, 0.1) is 0 Å². The van der Waals surface area contributed by atoms with Crippen LogP contribution in [-0.2, 0) is 0 Å². The van der Waals surface area contributed by atoms with Crippen LogP contribution >= 0.6 is 12.4 Å². The van der Waals surface area contributed by atoms with E-state index in [4.69, 9.17) is 0 Å². The molecule has 0 amide bonds. The molecule has 5 heteroatoms. The van der Waals surface area contributed by atoms with E-state index < -0.39 is 11.6 Å². The van der Waals surface area contributed by atoms with E-state index in [2.05, 4.69) is 10.6 Å². The molecule has 1 aliphatic heterocycles. The first kappa shape index (κ1) is 12.4. The molecule has 2 nitrogen and oxygen atoms in total. The van der Waals surface area contributed by atoms with Crippen molar-refractivity contribution in [3.63, 3.8) is 0 Å². The Bertz CT molecular complexity index is 307. The normalized spacial score (nSPS) is 20.8. The lowest BCUT2D eigenvalue weighted by Crippen LogP contribution is -2.42. The van der Waals surface area contributed by atoms with Crippen LogP contribution < -0.4 is 10.6 Å². The summed E-state index contributed by atoms with van der Waals surface area (Å²) in [6, 6.07) is 3.63. The van der Waals surface area contributed by atoms with Crippen molar-refractivity contribution in [3.8, 4) is 0 Å². The highest BCUT2D eigenvalue weighted by Gasteiger charge is 2.15. The molecule has 1 aliphatic rings. The van der Waals surface area contributed by atoms with Gasteiger partial charge in [-0.3, -0.25) is 0 Å². The zero-order valence-electron chi connectivity index (χ0n) is 8.09. The molecule has 0 unspecified atom stereocenters. The Balaban J connectivity index is 0.00000112. The van der Waals surface area contributed by atoms with Crippen molar-refractivity contribution < 1.29 is 8.78 Å². The molecule has 2 N–H and O–H groups in total. The van der Waals surface area contributed by atoms with E-state index in [1.54, 1.807) is 0 Å². The van der Waals surface area contributed by atoms with E-state index in [1.165, 1.54) is 12.1 Å². The fraction of sp³-hybridized carbons (Fsp3) is 0.400. The summed E-state index contributed by atoms with van der Waals surface area (Å²) in [4.78, 5) is 0. The van der Waals surface area contributed by atoms with Crippen molar-refractivity contribution in [1.82, 2.24) is 10.6 Å². The zero-order valence-corrected chi connectivity index (χ0v) is 8.91. The molecule has 0 aliphatic carbocycles. The van der Waals surface area contributed by atoms with Crippen molar-refractivity contribution in [3.05, 3.63) is 35.4 Å². The molecule has 1 saturated heterocycles. The van der Waals surface area contributed by atoms with Gasteiger partial charge in [0.1, 0.15) is 11.6 Å². The molecular weight excluding hydrogens is 222 g/mol. The summed E-state index contributed by atoms with van der Waals surface area (Å²) in [5, 5.41) is 6.36. The summed E-state index contributed by atoms with van der Waals surface area (Å²) in [6.45, 7) is 2.43. The monoisotopic (exact) mass is 234 g/mol. The summed E-state index contributed by atoms with van der Waals surface area (Å²) in [7, 11) is 0. The van der Waals surface area contributed by atoms with Gasteiger partial charge in [-0.15, -0.1) is 12.4 Å². The second-order valence-electron chi connectivity index (χ2n) is 3.41. The largest absolute Gasteiger partial charge is 0.314 e. The zero-order chi connectivity index (χ0) is 9.97. The Hall–Kier alpha value is -0.710. The van der Waals surface area contributed by atoms with Crippen LogP contribution in [0.3, 0.4) is 0 Å². The Labute approximate surface area is 93.5 Å². The minimum Gasteiger partial charge on any atom is -0.314 e. The standard InChI is InChI=1S/C10H12F2N2.ClH/c11-8-3-7(4-9(12)5-8)10-6-13-1-2-14-10;/h3-5,10,13-14H,1-2,6H2;1H/t10-;/m1./s1. The average molecular weight is 235 g/mol. The molecule has 2 rings (SSSR count). The lowest BCUT2D eigenvalue weighted by Gasteiger charge is -2.24. The summed E-state index contributed by atoms with van der Waals surface area (Å²) in [5.74, 6) is -1.04. The third kappa shape index (κ3) is 3.12. The van der Waals surface area contributed by atoms with E-state index in [0.717, 1.165) is 19.2 Å². The maximum Gasteiger partial charge on any atom is 0.126 e. The second kappa shape index (κ2) is 5.39. The molecule has 84 valence electrons. The van der Waals surface area contributed by atoms with Gasteiger partial charge in [0.15, 0.2) is 0 Å². The Morgan fingerprint density at radius 2 is 1.73 bits per heavy atom. The van der Waals surface area contributed by atoms with Gasteiger partial charge in [0.2, 0.25) is 0 Å². The predicted octanol–water partition coefficient (Wildman–Crippen LogP) is 1.62. The number of benzene rings is 1. The van der Waals surface area contributed by atoms with Gasteiger partial charge in [0, 0.05) is 31.7 Å². The lowest BCUT2D eigenvalue weighted by molar-refractivity contribution is 0.426. The fourth-order valence-corrected chi connectivity index (χ4v) is 1.67. The topological polar surface area (TPSA) is 24.1 Å². The van der Waals surface area contributed by atoms with Crippen LogP contribution in [0.25, 0.3) is 0 Å². The predicted molar refractivity (Wildman–Crippen MR) is 57.2 cm³/mol. The van der Waals surface area contributed by atoms with Gasteiger partial charge in [-0.25, -0.2) is 8.78 Å². The van der Waals surface area contributed by atoms with Crippen LogP contribution in [0.5, 0.6) is 0 Å². The molecule has 1 aromatic carbocycles. The van der Waals surface area contributed by atoms with Crippen LogP contribution in [0, 0.1) is 11.6 Å². The summed E-state index contributed by atoms with van der Waals surface area (Å²) in [5.41, 5.74) is 0.662. The first-order valence-electron chi connectivity index (χ1n) is 4.66. The molecule has 0 aromatic heterocycles. The molecule has 1 atom stereocenters. The molecule has 0 radical (unpaired) electrons. The van der Waals surface area contributed by atoms with Crippen molar-refractivity contribution in [2.24, 2.45) is 0 Å². The summed E-state index contributed by atoms with van der Waals surface area (Å²) < 4.78 is 25.8. The molecule has 1 fully saturated rings. The van der Waals surface area contributed by atoms with Crippen molar-refractivity contribution in [2.75, 3.05) is 19.6 Å². The quantitative estimate of drug-likeness (QED) is 0.772. The van der Waals surface area contributed by atoms with E-state index in [9.17, 15) is 8.78 Å². The Kier molecular flexibility index (Phi) is 4.45. The molecule has 0 spiro atoms. The van der Waals surface area contributed by atoms with Crippen LogP contribution in [-0.4, -0.2) is 19.6 Å². The maximum atomic E-state index is 12.9. The highest BCUT2D eigenvalue weighted by Crippen LogP contribution is 2.16. The van der Waals surface area contributed by atoms with Crippen LogP contribution in [0.2, 0.25) is 0 Å². The third-order valence-electron chi connectivity index (χ3n) is 2.33. The smallest absolute Gasteiger partial charge is 0.126 e. The molecular formula is C10H13ClF2N2. The number of hydrogen-bond donors (Lipinski definition) is 2. The number of hydrogen-bond acceptors (Lipinski definition) is 2. The van der Waals surface area contributed by atoms with Gasteiger partial charge in [-0.2, -0.15) is 0 Å². The van der Waals surface area contributed by atoms with Gasteiger partial charge >= 0.3 is 0 Å². The lowest BCUT2D eigenvalue weighted by atomic mass is 10.1. The molecule has 1 aromatic rings. The van der Waals surface area contributed by atoms with Crippen molar-refractivity contribution >= 4 is 12.4 Å². The van der Waals surface area contributed by atoms with Gasteiger partial charge in [0.25, 0.3) is 0 Å². The number of halogens is 3. The third-order valence-corrected chi connectivity index (χ3v) is 2.33. The average Bonchev–Trinajstić information content (AvgIpc) is 2.18. The highest BCUT2D eigenvalue weighted by molar-refractivity contribution is 5.85. The van der Waals surface area contributed by atoms with E-state index >= 15 is 0 Å². The fourth-order valence-electron chi connectivity index (χ4n) is 1.67. The summed E-state index contributed by atoms with van der Waals surface area (Å²) in [6.07, 6.45) is 0. The molecule has 15 heavy (non-hydrogen) atoms. The van der Waals surface area contributed by atoms with Crippen LogP contribution in [0.4, 0.5) is 8.78 Å². The van der Waals surface area contributed by atoms with Crippen LogP contribution in [0.1, 0.15) is 11.6 Å². The Morgan fingerprint density at radius 3 is 2.27 bits per heavy atom. The van der Waals surface area contributed by atoms with Gasteiger partial charge < -0.3 is 10.6 Å². The van der Waals surface area contributed by atoms with Gasteiger partial charge in [-0.05, 0) is 17.7 Å². The van der Waals surface area contributed by atoms with Gasteiger partial charge in [-0.1, -0.05) is 0 Å². The summed E-state index contributed by atoms with van der Waals surface area (Å²) >= 11 is 0. The van der Waals surface area contributed by atoms with E-state index in [-0.39, 0.29) is 18.4 Å². The highest BCUT2D eigenvalue weighted by atomic mass is 35.5. The SMILES string of the molecule is Cl.Fc1cc(F)cc([C@H]2CNCCN2)c1. The maximum absolute atomic E-state index is 12.9. The molecule has 0 saturated carbocycles.